The zero-order valence-electron chi connectivity index (χ0n) is 9.37. The molecule has 0 heterocycles. The number of carbonyl (C=O) groups is 1. The summed E-state index contributed by atoms with van der Waals surface area (Å²) in [5.41, 5.74) is 7.68. The van der Waals surface area contributed by atoms with Crippen molar-refractivity contribution in [3.8, 4) is 0 Å². The first-order valence-electron chi connectivity index (χ1n) is 5.81. The molecule has 0 bridgehead atoms. The van der Waals surface area contributed by atoms with Gasteiger partial charge in [-0.25, -0.2) is 0 Å². The quantitative estimate of drug-likeness (QED) is 0.776. The summed E-state index contributed by atoms with van der Waals surface area (Å²) in [7, 11) is 0. The molecule has 3 nitrogen and oxygen atoms in total. The number of rotatable bonds is 3. The number of carboxylic acid groups (broad SMARTS) is 1. The van der Waals surface area contributed by atoms with E-state index in [-0.39, 0.29) is 12.5 Å². The molecule has 1 aromatic carbocycles. The normalized spacial score (nSPS) is 16.6. The average molecular weight is 219 g/mol. The predicted octanol–water partition coefficient (Wildman–Crippen LogP) is -0.0116. The van der Waals surface area contributed by atoms with Crippen LogP contribution in [0.15, 0.2) is 18.2 Å². The monoisotopic (exact) mass is 219 g/mol. The molecule has 0 aliphatic heterocycles. The summed E-state index contributed by atoms with van der Waals surface area (Å²) in [5, 5.41) is 10.5. The van der Waals surface area contributed by atoms with Gasteiger partial charge in [-0.2, -0.15) is 0 Å². The van der Waals surface area contributed by atoms with Gasteiger partial charge in [-0.05, 0) is 42.9 Å². The summed E-state index contributed by atoms with van der Waals surface area (Å²) in [6, 6.07) is 6.05. The second-order valence-corrected chi connectivity index (χ2v) is 4.51. The van der Waals surface area contributed by atoms with Crippen molar-refractivity contribution in [1.82, 2.24) is 0 Å². The van der Waals surface area contributed by atoms with E-state index in [1.807, 2.05) is 6.07 Å². The van der Waals surface area contributed by atoms with Crippen molar-refractivity contribution in [1.29, 1.82) is 0 Å². The molecule has 1 aliphatic carbocycles. The maximum Gasteiger partial charge on any atom is 0.115 e. The Morgan fingerprint density at radius 1 is 1.31 bits per heavy atom. The Kier molecular flexibility index (Phi) is 3.25. The molecule has 0 saturated heterocycles. The second-order valence-electron chi connectivity index (χ2n) is 4.51. The van der Waals surface area contributed by atoms with Crippen molar-refractivity contribution in [3.63, 3.8) is 0 Å². The molecule has 3 heteroatoms. The first-order valence-corrected chi connectivity index (χ1v) is 5.81. The van der Waals surface area contributed by atoms with Crippen LogP contribution < -0.4 is 10.8 Å². The number of quaternary nitrogens is 1. The number of carboxylic acids is 1. The van der Waals surface area contributed by atoms with Gasteiger partial charge in [-0.3, -0.25) is 0 Å². The minimum atomic E-state index is -1.03. The first-order chi connectivity index (χ1) is 7.66. The largest absolute Gasteiger partial charge is 0.550 e. The van der Waals surface area contributed by atoms with Gasteiger partial charge < -0.3 is 15.6 Å². The zero-order chi connectivity index (χ0) is 11.5. The summed E-state index contributed by atoms with van der Waals surface area (Å²) >= 11 is 0. The van der Waals surface area contributed by atoms with E-state index < -0.39 is 5.97 Å². The highest BCUT2D eigenvalue weighted by Gasteiger charge is 2.14. The molecule has 2 rings (SSSR count). The molecule has 16 heavy (non-hydrogen) atoms. The van der Waals surface area contributed by atoms with E-state index in [0.717, 1.165) is 18.4 Å². The number of hydrogen-bond donors (Lipinski definition) is 1. The minimum Gasteiger partial charge on any atom is -0.550 e. The Balaban J connectivity index is 2.19. The summed E-state index contributed by atoms with van der Waals surface area (Å²) in [6.07, 6.45) is 4.76. The third kappa shape index (κ3) is 2.42. The van der Waals surface area contributed by atoms with E-state index in [0.29, 0.717) is 0 Å². The highest BCUT2D eigenvalue weighted by molar-refractivity contribution is 5.65. The fraction of sp³-hybridized carbons (Fsp3) is 0.462. The van der Waals surface area contributed by atoms with Crippen LogP contribution >= 0.6 is 0 Å². The van der Waals surface area contributed by atoms with Crippen molar-refractivity contribution in [2.45, 2.75) is 38.1 Å². The maximum atomic E-state index is 10.5. The fourth-order valence-electron chi connectivity index (χ4n) is 2.33. The molecule has 1 atom stereocenters. The van der Waals surface area contributed by atoms with Crippen molar-refractivity contribution in [2.24, 2.45) is 0 Å². The number of benzene rings is 1. The van der Waals surface area contributed by atoms with Gasteiger partial charge in [0.05, 0.1) is 0 Å². The average Bonchev–Trinajstić information content (AvgIpc) is 2.27. The molecule has 0 saturated carbocycles. The van der Waals surface area contributed by atoms with Crippen LogP contribution in [0.5, 0.6) is 0 Å². The summed E-state index contributed by atoms with van der Waals surface area (Å²) in [4.78, 5) is 10.5. The SMILES string of the molecule is [NH3+][C@@H](CC(=O)[O-])c1ccc2c(c1)CCCC2. The highest BCUT2D eigenvalue weighted by Crippen LogP contribution is 2.24. The van der Waals surface area contributed by atoms with Gasteiger partial charge in [0.15, 0.2) is 0 Å². The lowest BCUT2D eigenvalue weighted by molar-refractivity contribution is -0.430. The minimum absolute atomic E-state index is 0.00120. The third-order valence-corrected chi connectivity index (χ3v) is 3.26. The van der Waals surface area contributed by atoms with Crippen LogP contribution in [-0.4, -0.2) is 5.97 Å². The van der Waals surface area contributed by atoms with E-state index in [1.165, 1.54) is 24.0 Å². The Bertz CT molecular complexity index is 401. The van der Waals surface area contributed by atoms with E-state index >= 15 is 0 Å². The van der Waals surface area contributed by atoms with Crippen molar-refractivity contribution in [3.05, 3.63) is 34.9 Å². The van der Waals surface area contributed by atoms with Crippen LogP contribution in [0.25, 0.3) is 0 Å². The van der Waals surface area contributed by atoms with Crippen molar-refractivity contribution < 1.29 is 15.6 Å². The first kappa shape index (κ1) is 11.1. The maximum absolute atomic E-state index is 10.5. The van der Waals surface area contributed by atoms with Gasteiger partial charge in [0.25, 0.3) is 0 Å². The molecule has 0 unspecified atom stereocenters. The molecule has 0 fully saturated rings. The van der Waals surface area contributed by atoms with Crippen LogP contribution in [0.3, 0.4) is 0 Å². The van der Waals surface area contributed by atoms with E-state index in [4.69, 9.17) is 0 Å². The van der Waals surface area contributed by atoms with Gasteiger partial charge >= 0.3 is 0 Å². The van der Waals surface area contributed by atoms with Crippen molar-refractivity contribution in [2.75, 3.05) is 0 Å². The van der Waals surface area contributed by atoms with Gasteiger partial charge in [0, 0.05) is 18.0 Å². The number of carbonyl (C=O) groups excluding carboxylic acids is 1. The van der Waals surface area contributed by atoms with E-state index in [1.54, 1.807) is 0 Å². The van der Waals surface area contributed by atoms with Crippen molar-refractivity contribution >= 4 is 5.97 Å². The molecule has 0 radical (unpaired) electrons. The lowest BCUT2D eigenvalue weighted by Gasteiger charge is -2.18. The molecule has 3 N–H and O–H groups in total. The highest BCUT2D eigenvalue weighted by atomic mass is 16.4. The lowest BCUT2D eigenvalue weighted by atomic mass is 9.89. The van der Waals surface area contributed by atoms with Gasteiger partial charge in [0.1, 0.15) is 6.04 Å². The third-order valence-electron chi connectivity index (χ3n) is 3.26. The molecule has 1 aromatic rings. The molecular formula is C13H17NO2. The molecule has 86 valence electrons. The molecule has 0 spiro atoms. The number of aryl methyl sites for hydroxylation is 2. The fourth-order valence-corrected chi connectivity index (χ4v) is 2.33. The van der Waals surface area contributed by atoms with Gasteiger partial charge in [-0.15, -0.1) is 0 Å². The van der Waals surface area contributed by atoms with Crippen LogP contribution in [-0.2, 0) is 17.6 Å². The number of fused-ring (bicyclic) bond motifs is 1. The Morgan fingerprint density at radius 2 is 2.00 bits per heavy atom. The Morgan fingerprint density at radius 3 is 2.69 bits per heavy atom. The van der Waals surface area contributed by atoms with Crippen LogP contribution in [0.4, 0.5) is 0 Å². The Hall–Kier alpha value is -1.35. The smallest absolute Gasteiger partial charge is 0.115 e. The van der Waals surface area contributed by atoms with E-state index in [2.05, 4.69) is 17.9 Å². The molecule has 0 amide bonds. The van der Waals surface area contributed by atoms with Crippen LogP contribution in [0, 0.1) is 0 Å². The molecule has 0 aromatic heterocycles. The topological polar surface area (TPSA) is 67.8 Å². The number of aliphatic carboxylic acids is 1. The van der Waals surface area contributed by atoms with Crippen LogP contribution in [0.2, 0.25) is 0 Å². The lowest BCUT2D eigenvalue weighted by Crippen LogP contribution is -2.55. The second kappa shape index (κ2) is 4.66. The van der Waals surface area contributed by atoms with Gasteiger partial charge in [-0.1, -0.05) is 12.1 Å². The van der Waals surface area contributed by atoms with Crippen LogP contribution in [0.1, 0.15) is 42.0 Å². The Labute approximate surface area is 95.3 Å². The standard InChI is InChI=1S/C13H17NO2/c14-12(8-13(15)16)11-6-5-9-3-1-2-4-10(9)7-11/h5-7,12H,1-4,8,14H2,(H,15,16)/t12-/m0/s1. The van der Waals surface area contributed by atoms with Gasteiger partial charge in [0.2, 0.25) is 0 Å². The zero-order valence-corrected chi connectivity index (χ0v) is 9.37. The predicted molar refractivity (Wildman–Crippen MR) is 58.3 cm³/mol. The molecular weight excluding hydrogens is 202 g/mol. The van der Waals surface area contributed by atoms with E-state index in [9.17, 15) is 9.90 Å². The summed E-state index contributed by atoms with van der Waals surface area (Å²) in [6.45, 7) is 0. The number of hydrogen-bond acceptors (Lipinski definition) is 2. The summed E-state index contributed by atoms with van der Waals surface area (Å²) < 4.78 is 0. The summed E-state index contributed by atoms with van der Waals surface area (Å²) in [5.74, 6) is -1.03. The molecule has 1 aliphatic rings.